The summed E-state index contributed by atoms with van der Waals surface area (Å²) in [6, 6.07) is 17.0. The highest BCUT2D eigenvalue weighted by Gasteiger charge is 2.10. The molecule has 0 unspecified atom stereocenters. The second kappa shape index (κ2) is 9.27. The van der Waals surface area contributed by atoms with Gasteiger partial charge in [-0.2, -0.15) is 0 Å². The molecule has 2 aromatic rings. The lowest BCUT2D eigenvalue weighted by Crippen LogP contribution is -2.35. The second-order valence-electron chi connectivity index (χ2n) is 5.57. The van der Waals surface area contributed by atoms with Gasteiger partial charge in [0.1, 0.15) is 18.1 Å². The molecule has 5 heteroatoms. The summed E-state index contributed by atoms with van der Waals surface area (Å²) in [5.74, 6) is 0.0987. The summed E-state index contributed by atoms with van der Waals surface area (Å²) in [5.41, 5.74) is 2.19. The van der Waals surface area contributed by atoms with Crippen molar-refractivity contribution in [3.8, 4) is 5.75 Å². The Morgan fingerprint density at radius 1 is 1.04 bits per heavy atom. The first-order chi connectivity index (χ1) is 12.0. The van der Waals surface area contributed by atoms with E-state index in [1.807, 2.05) is 61.5 Å². The van der Waals surface area contributed by atoms with E-state index in [0.717, 1.165) is 16.9 Å². The number of benzene rings is 2. The molecule has 0 saturated carbocycles. The molecule has 2 aromatic carbocycles. The Labute approximate surface area is 147 Å². The van der Waals surface area contributed by atoms with Crippen molar-refractivity contribution in [1.29, 1.82) is 0 Å². The Hall–Kier alpha value is -3.08. The van der Waals surface area contributed by atoms with E-state index in [9.17, 15) is 9.59 Å². The van der Waals surface area contributed by atoms with Crippen LogP contribution in [0.25, 0.3) is 6.08 Å². The van der Waals surface area contributed by atoms with Gasteiger partial charge in [-0.05, 0) is 30.7 Å². The van der Waals surface area contributed by atoms with Gasteiger partial charge in [0.25, 0.3) is 5.91 Å². The summed E-state index contributed by atoms with van der Waals surface area (Å²) in [6.45, 7) is 4.05. The molecule has 0 radical (unpaired) electrons. The van der Waals surface area contributed by atoms with Gasteiger partial charge < -0.3 is 15.4 Å². The van der Waals surface area contributed by atoms with Gasteiger partial charge in [-0.1, -0.05) is 48.0 Å². The summed E-state index contributed by atoms with van der Waals surface area (Å²) in [6.07, 6.45) is 1.64. The molecular formula is C20H22N2O3. The fourth-order valence-corrected chi connectivity index (χ4v) is 2.13. The van der Waals surface area contributed by atoms with Gasteiger partial charge in [0.05, 0.1) is 6.54 Å². The van der Waals surface area contributed by atoms with Crippen LogP contribution in [-0.4, -0.2) is 25.0 Å². The van der Waals surface area contributed by atoms with E-state index < -0.39 is 0 Å². The van der Waals surface area contributed by atoms with Gasteiger partial charge in [-0.25, -0.2) is 0 Å². The molecular weight excluding hydrogens is 316 g/mol. The van der Waals surface area contributed by atoms with Crippen LogP contribution < -0.4 is 15.4 Å². The number of rotatable bonds is 7. The second-order valence-corrected chi connectivity index (χ2v) is 5.57. The molecule has 0 aliphatic carbocycles. The number of hydrogen-bond donors (Lipinski definition) is 2. The Morgan fingerprint density at radius 2 is 1.72 bits per heavy atom. The predicted molar refractivity (Wildman–Crippen MR) is 97.9 cm³/mol. The summed E-state index contributed by atoms with van der Waals surface area (Å²) in [4.78, 5) is 23.6. The van der Waals surface area contributed by atoms with E-state index in [2.05, 4.69) is 10.6 Å². The zero-order valence-electron chi connectivity index (χ0n) is 14.4. The lowest BCUT2D eigenvalue weighted by atomic mass is 10.2. The first-order valence-corrected chi connectivity index (χ1v) is 8.06. The van der Waals surface area contributed by atoms with Gasteiger partial charge in [-0.3, -0.25) is 9.59 Å². The van der Waals surface area contributed by atoms with E-state index in [-0.39, 0.29) is 17.5 Å². The van der Waals surface area contributed by atoms with Gasteiger partial charge >= 0.3 is 0 Å². The van der Waals surface area contributed by atoms with Crippen LogP contribution in [0.4, 0.5) is 0 Å². The normalized spacial score (nSPS) is 10.9. The van der Waals surface area contributed by atoms with Crippen LogP contribution in [0, 0.1) is 6.92 Å². The van der Waals surface area contributed by atoms with Gasteiger partial charge in [-0.15, -0.1) is 0 Å². The average Bonchev–Trinajstić information content (AvgIpc) is 2.60. The number of ether oxygens (including phenoxy) is 1. The van der Waals surface area contributed by atoms with Crippen molar-refractivity contribution in [2.75, 3.05) is 13.2 Å². The molecule has 25 heavy (non-hydrogen) atoms. The summed E-state index contributed by atoms with van der Waals surface area (Å²) >= 11 is 0. The molecule has 0 spiro atoms. The molecule has 2 rings (SSSR count). The van der Waals surface area contributed by atoms with Crippen LogP contribution in [0.15, 0.2) is 60.3 Å². The highest BCUT2D eigenvalue weighted by molar-refractivity contribution is 6.00. The van der Waals surface area contributed by atoms with E-state index in [0.29, 0.717) is 13.2 Å². The maximum atomic E-state index is 12.3. The number of carbonyl (C=O) groups excluding carboxylic acids is 2. The molecule has 5 nitrogen and oxygen atoms in total. The number of carbonyl (C=O) groups is 2. The molecule has 0 heterocycles. The van der Waals surface area contributed by atoms with Crippen LogP contribution in [-0.2, 0) is 9.59 Å². The van der Waals surface area contributed by atoms with E-state index in [1.54, 1.807) is 6.08 Å². The average molecular weight is 338 g/mol. The monoisotopic (exact) mass is 338 g/mol. The summed E-state index contributed by atoms with van der Waals surface area (Å²) in [7, 11) is 0. The lowest BCUT2D eigenvalue weighted by molar-refractivity contribution is -0.122. The van der Waals surface area contributed by atoms with Gasteiger partial charge in [0.2, 0.25) is 5.91 Å². The van der Waals surface area contributed by atoms with Gasteiger partial charge in [0, 0.05) is 6.92 Å². The van der Waals surface area contributed by atoms with Crippen molar-refractivity contribution in [1.82, 2.24) is 10.6 Å². The fraction of sp³-hybridized carbons (Fsp3) is 0.200. The molecule has 130 valence electrons. The molecule has 0 aliphatic rings. The van der Waals surface area contributed by atoms with Crippen molar-refractivity contribution in [3.05, 3.63) is 71.4 Å². The molecule has 0 atom stereocenters. The zero-order chi connectivity index (χ0) is 18.1. The standard InChI is InChI=1S/C20H22N2O3/c1-15-8-10-18(11-9-15)25-13-12-21-20(24)19(22-16(2)23)14-17-6-4-3-5-7-17/h3-11,14H,12-13H2,1-2H3,(H,21,24)(H,22,23)/b19-14-. The number of nitrogens with one attached hydrogen (secondary N) is 2. The van der Waals surface area contributed by atoms with E-state index >= 15 is 0 Å². The number of hydrogen-bond acceptors (Lipinski definition) is 3. The van der Waals surface area contributed by atoms with Crippen molar-refractivity contribution >= 4 is 17.9 Å². The first kappa shape index (κ1) is 18.3. The minimum absolute atomic E-state index is 0.203. The zero-order valence-corrected chi connectivity index (χ0v) is 14.4. The topological polar surface area (TPSA) is 67.4 Å². The van der Waals surface area contributed by atoms with Crippen molar-refractivity contribution in [2.45, 2.75) is 13.8 Å². The van der Waals surface area contributed by atoms with Crippen LogP contribution in [0.2, 0.25) is 0 Å². The van der Waals surface area contributed by atoms with Gasteiger partial charge in [0.15, 0.2) is 0 Å². The Balaban J connectivity index is 1.89. The molecule has 2 N–H and O–H groups in total. The molecule has 0 bridgehead atoms. The van der Waals surface area contributed by atoms with Crippen LogP contribution in [0.3, 0.4) is 0 Å². The third kappa shape index (κ3) is 6.51. The van der Waals surface area contributed by atoms with E-state index in [1.165, 1.54) is 6.92 Å². The minimum atomic E-state index is -0.355. The summed E-state index contributed by atoms with van der Waals surface area (Å²) < 4.78 is 5.57. The number of amides is 2. The predicted octanol–water partition coefficient (Wildman–Crippen LogP) is 2.67. The third-order valence-corrected chi connectivity index (χ3v) is 3.34. The maximum absolute atomic E-state index is 12.3. The Bertz CT molecular complexity index is 737. The van der Waals surface area contributed by atoms with Crippen molar-refractivity contribution < 1.29 is 14.3 Å². The largest absolute Gasteiger partial charge is 0.492 e. The minimum Gasteiger partial charge on any atom is -0.492 e. The van der Waals surface area contributed by atoms with Crippen LogP contribution in [0.5, 0.6) is 5.75 Å². The van der Waals surface area contributed by atoms with Crippen molar-refractivity contribution in [3.63, 3.8) is 0 Å². The lowest BCUT2D eigenvalue weighted by Gasteiger charge is -2.11. The molecule has 0 aromatic heterocycles. The third-order valence-electron chi connectivity index (χ3n) is 3.34. The van der Waals surface area contributed by atoms with Crippen LogP contribution >= 0.6 is 0 Å². The fourth-order valence-electron chi connectivity index (χ4n) is 2.13. The van der Waals surface area contributed by atoms with Crippen molar-refractivity contribution in [2.24, 2.45) is 0 Å². The Kier molecular flexibility index (Phi) is 6.77. The SMILES string of the molecule is CC(=O)N/C(=C\c1ccccc1)C(=O)NCCOc1ccc(C)cc1. The highest BCUT2D eigenvalue weighted by Crippen LogP contribution is 2.11. The number of aryl methyl sites for hydroxylation is 1. The highest BCUT2D eigenvalue weighted by atomic mass is 16.5. The Morgan fingerprint density at radius 3 is 2.36 bits per heavy atom. The summed E-state index contributed by atoms with van der Waals surface area (Å²) in [5, 5.41) is 5.31. The van der Waals surface area contributed by atoms with Crippen LogP contribution in [0.1, 0.15) is 18.1 Å². The maximum Gasteiger partial charge on any atom is 0.267 e. The molecule has 0 fully saturated rings. The van der Waals surface area contributed by atoms with E-state index in [4.69, 9.17) is 4.74 Å². The quantitative estimate of drug-likeness (QED) is 0.602. The molecule has 0 aliphatic heterocycles. The molecule has 2 amide bonds. The molecule has 0 saturated heterocycles. The first-order valence-electron chi connectivity index (χ1n) is 8.06. The smallest absolute Gasteiger partial charge is 0.267 e.